The number of carbonyl (C=O) groups excluding carboxylic acids is 1. The molecule has 2 aromatic carbocycles. The molecule has 0 saturated heterocycles. The van der Waals surface area contributed by atoms with Gasteiger partial charge in [0.2, 0.25) is 0 Å². The summed E-state index contributed by atoms with van der Waals surface area (Å²) in [5.41, 5.74) is 2.09. The van der Waals surface area contributed by atoms with Crippen LogP contribution in [0.5, 0.6) is 0 Å². The van der Waals surface area contributed by atoms with Gasteiger partial charge in [-0.05, 0) is 18.2 Å². The quantitative estimate of drug-likeness (QED) is 0.709. The number of H-pyrrole nitrogens is 1. The van der Waals surface area contributed by atoms with Gasteiger partial charge in [-0.1, -0.05) is 30.3 Å². The molecule has 1 N–H and O–H groups in total. The Bertz CT molecular complexity index is 807. The average molecular weight is 250 g/mol. The SMILES string of the molecule is O=C(c1ccccc1)c1ccc2ncc(=O)[nH]c2c1. The number of carbonyl (C=O) groups is 1. The molecule has 0 fully saturated rings. The molecule has 0 aliphatic heterocycles. The number of hydrogen-bond donors (Lipinski definition) is 1. The van der Waals surface area contributed by atoms with Gasteiger partial charge in [0.25, 0.3) is 5.56 Å². The Morgan fingerprint density at radius 3 is 2.58 bits per heavy atom. The smallest absolute Gasteiger partial charge is 0.266 e. The molecule has 0 aliphatic carbocycles. The molecule has 0 aliphatic rings. The van der Waals surface area contributed by atoms with Crippen molar-refractivity contribution in [1.82, 2.24) is 9.97 Å². The van der Waals surface area contributed by atoms with E-state index in [2.05, 4.69) is 9.97 Å². The number of aromatic nitrogens is 2. The molecule has 0 spiro atoms. The van der Waals surface area contributed by atoms with Gasteiger partial charge < -0.3 is 4.98 Å². The highest BCUT2D eigenvalue weighted by atomic mass is 16.1. The van der Waals surface area contributed by atoms with E-state index in [0.717, 1.165) is 0 Å². The first-order valence-electron chi connectivity index (χ1n) is 5.83. The van der Waals surface area contributed by atoms with Crippen LogP contribution in [0.25, 0.3) is 11.0 Å². The van der Waals surface area contributed by atoms with Gasteiger partial charge in [-0.15, -0.1) is 0 Å². The fraction of sp³-hybridized carbons (Fsp3) is 0. The Hall–Kier alpha value is -2.75. The minimum absolute atomic E-state index is 0.0767. The Morgan fingerprint density at radius 2 is 1.79 bits per heavy atom. The molecule has 3 aromatic rings. The zero-order chi connectivity index (χ0) is 13.2. The molecule has 0 atom stereocenters. The van der Waals surface area contributed by atoms with Gasteiger partial charge in [0.1, 0.15) is 0 Å². The van der Waals surface area contributed by atoms with E-state index in [9.17, 15) is 9.59 Å². The Balaban J connectivity index is 2.11. The fourth-order valence-corrected chi connectivity index (χ4v) is 1.94. The van der Waals surface area contributed by atoms with Gasteiger partial charge in [0.05, 0.1) is 17.2 Å². The topological polar surface area (TPSA) is 62.8 Å². The molecule has 92 valence electrons. The predicted molar refractivity (Wildman–Crippen MR) is 72.2 cm³/mol. The largest absolute Gasteiger partial charge is 0.319 e. The Morgan fingerprint density at radius 1 is 1.00 bits per heavy atom. The van der Waals surface area contributed by atoms with Crippen LogP contribution in [0.1, 0.15) is 15.9 Å². The van der Waals surface area contributed by atoms with Crippen molar-refractivity contribution >= 4 is 16.8 Å². The van der Waals surface area contributed by atoms with Crippen LogP contribution in [0.15, 0.2) is 59.5 Å². The van der Waals surface area contributed by atoms with Crippen molar-refractivity contribution in [3.8, 4) is 0 Å². The van der Waals surface area contributed by atoms with Crippen molar-refractivity contribution in [3.05, 3.63) is 76.2 Å². The van der Waals surface area contributed by atoms with Crippen LogP contribution in [0, 0.1) is 0 Å². The summed E-state index contributed by atoms with van der Waals surface area (Å²) in [7, 11) is 0. The van der Waals surface area contributed by atoms with E-state index in [-0.39, 0.29) is 11.3 Å². The molecule has 0 radical (unpaired) electrons. The third-order valence-corrected chi connectivity index (χ3v) is 2.87. The van der Waals surface area contributed by atoms with Gasteiger partial charge in [-0.3, -0.25) is 9.59 Å². The molecule has 0 amide bonds. The fourth-order valence-electron chi connectivity index (χ4n) is 1.94. The summed E-state index contributed by atoms with van der Waals surface area (Å²) in [5, 5.41) is 0. The maximum atomic E-state index is 12.3. The molecule has 4 nitrogen and oxygen atoms in total. The summed E-state index contributed by atoms with van der Waals surface area (Å²) in [5.74, 6) is -0.0767. The van der Waals surface area contributed by atoms with Crippen LogP contribution < -0.4 is 5.56 Å². The van der Waals surface area contributed by atoms with E-state index in [1.54, 1.807) is 30.3 Å². The first kappa shape index (κ1) is 11.3. The molecule has 1 heterocycles. The first-order chi connectivity index (χ1) is 9.24. The van der Waals surface area contributed by atoms with Crippen LogP contribution >= 0.6 is 0 Å². The van der Waals surface area contributed by atoms with Gasteiger partial charge in [-0.2, -0.15) is 0 Å². The van der Waals surface area contributed by atoms with E-state index in [1.165, 1.54) is 6.20 Å². The number of ketones is 1. The number of hydrogen-bond acceptors (Lipinski definition) is 3. The lowest BCUT2D eigenvalue weighted by atomic mass is 10.0. The molecule has 3 rings (SSSR count). The van der Waals surface area contributed by atoms with Crippen molar-refractivity contribution in [2.24, 2.45) is 0 Å². The number of aromatic amines is 1. The molecule has 0 bridgehead atoms. The second-order valence-corrected chi connectivity index (χ2v) is 4.17. The van der Waals surface area contributed by atoms with Crippen molar-refractivity contribution in [1.29, 1.82) is 0 Å². The minimum atomic E-state index is -0.281. The Kier molecular flexibility index (Phi) is 2.68. The maximum absolute atomic E-state index is 12.3. The van der Waals surface area contributed by atoms with Crippen LogP contribution in [0.2, 0.25) is 0 Å². The van der Waals surface area contributed by atoms with Crippen LogP contribution in [0.3, 0.4) is 0 Å². The lowest BCUT2D eigenvalue weighted by Gasteiger charge is -2.02. The number of rotatable bonds is 2. The molecule has 0 saturated carbocycles. The van der Waals surface area contributed by atoms with Crippen LogP contribution in [0.4, 0.5) is 0 Å². The van der Waals surface area contributed by atoms with Crippen molar-refractivity contribution in [2.45, 2.75) is 0 Å². The number of fused-ring (bicyclic) bond motifs is 1. The molecule has 1 aromatic heterocycles. The van der Waals surface area contributed by atoms with E-state index < -0.39 is 0 Å². The second kappa shape index (κ2) is 4.49. The molecule has 19 heavy (non-hydrogen) atoms. The third kappa shape index (κ3) is 2.15. The first-order valence-corrected chi connectivity index (χ1v) is 5.83. The summed E-state index contributed by atoms with van der Waals surface area (Å²) in [6.07, 6.45) is 1.22. The number of nitrogens with zero attached hydrogens (tertiary/aromatic N) is 1. The number of benzene rings is 2. The van der Waals surface area contributed by atoms with Crippen molar-refractivity contribution in [3.63, 3.8) is 0 Å². The average Bonchev–Trinajstić information content (AvgIpc) is 2.46. The summed E-state index contributed by atoms with van der Waals surface area (Å²) in [6.45, 7) is 0. The lowest BCUT2D eigenvalue weighted by Crippen LogP contribution is -2.06. The van der Waals surface area contributed by atoms with E-state index in [0.29, 0.717) is 22.2 Å². The normalized spacial score (nSPS) is 10.5. The van der Waals surface area contributed by atoms with Gasteiger partial charge in [-0.25, -0.2) is 4.98 Å². The third-order valence-electron chi connectivity index (χ3n) is 2.87. The predicted octanol–water partition coefficient (Wildman–Crippen LogP) is 2.15. The van der Waals surface area contributed by atoms with Crippen molar-refractivity contribution in [2.75, 3.05) is 0 Å². The van der Waals surface area contributed by atoms with E-state index in [4.69, 9.17) is 0 Å². The minimum Gasteiger partial charge on any atom is -0.319 e. The number of nitrogens with one attached hydrogen (secondary N) is 1. The zero-order valence-electron chi connectivity index (χ0n) is 9.96. The van der Waals surface area contributed by atoms with Crippen molar-refractivity contribution < 1.29 is 4.79 Å². The van der Waals surface area contributed by atoms with Gasteiger partial charge in [0, 0.05) is 11.1 Å². The summed E-state index contributed by atoms with van der Waals surface area (Å²) in [4.78, 5) is 30.2. The lowest BCUT2D eigenvalue weighted by molar-refractivity contribution is 0.103. The maximum Gasteiger partial charge on any atom is 0.266 e. The van der Waals surface area contributed by atoms with Crippen LogP contribution in [-0.4, -0.2) is 15.8 Å². The standard InChI is InChI=1S/C15H10N2O2/c18-14-9-16-12-7-6-11(8-13(12)17-14)15(19)10-4-2-1-3-5-10/h1-9H,(H,17,18). The zero-order valence-corrected chi connectivity index (χ0v) is 9.96. The van der Waals surface area contributed by atoms with Crippen LogP contribution in [-0.2, 0) is 0 Å². The molecule has 4 heteroatoms. The molecule has 0 unspecified atom stereocenters. The highest BCUT2D eigenvalue weighted by Gasteiger charge is 2.09. The van der Waals surface area contributed by atoms with E-state index in [1.807, 2.05) is 18.2 Å². The monoisotopic (exact) mass is 250 g/mol. The molecular weight excluding hydrogens is 240 g/mol. The Labute approximate surface area is 108 Å². The summed E-state index contributed by atoms with van der Waals surface area (Å²) >= 11 is 0. The highest BCUT2D eigenvalue weighted by molar-refractivity contribution is 6.10. The summed E-state index contributed by atoms with van der Waals surface area (Å²) in [6, 6.07) is 14.1. The highest BCUT2D eigenvalue weighted by Crippen LogP contribution is 2.14. The summed E-state index contributed by atoms with van der Waals surface area (Å²) < 4.78 is 0. The molecular formula is C15H10N2O2. The van der Waals surface area contributed by atoms with Gasteiger partial charge in [0.15, 0.2) is 5.78 Å². The van der Waals surface area contributed by atoms with Gasteiger partial charge >= 0.3 is 0 Å². The second-order valence-electron chi connectivity index (χ2n) is 4.17. The van der Waals surface area contributed by atoms with E-state index >= 15 is 0 Å².